The molecule has 0 spiro atoms. The predicted octanol–water partition coefficient (Wildman–Crippen LogP) is 1.69. The van der Waals surface area contributed by atoms with Crippen molar-refractivity contribution in [1.82, 2.24) is 0 Å². The molecule has 0 amide bonds. The molecule has 0 saturated carbocycles. The molecule has 1 aliphatic heterocycles. The van der Waals surface area contributed by atoms with Crippen molar-refractivity contribution in [2.45, 2.75) is 32.7 Å². The minimum atomic E-state index is -1.64. The fourth-order valence-corrected chi connectivity index (χ4v) is 1.21. The fraction of sp³-hybridized carbons (Fsp3) is 0.692. The van der Waals surface area contributed by atoms with Gasteiger partial charge in [0.15, 0.2) is 6.61 Å². The van der Waals surface area contributed by atoms with Crippen molar-refractivity contribution in [3.8, 4) is 0 Å². The number of hydrogen-bond donors (Lipinski definition) is 0. The van der Waals surface area contributed by atoms with Crippen LogP contribution in [0.3, 0.4) is 0 Å². The maximum Gasteiger partial charge on any atom is 0.512 e. The van der Waals surface area contributed by atoms with Gasteiger partial charge in [-0.25, -0.2) is 14.5 Å². The number of esters is 1. The second kappa shape index (κ2) is 8.60. The highest BCUT2D eigenvalue weighted by Crippen LogP contribution is 2.26. The Kier molecular flexibility index (Phi) is 7.13. The predicted molar refractivity (Wildman–Crippen MR) is 68.8 cm³/mol. The zero-order valence-corrected chi connectivity index (χ0v) is 12.2. The van der Waals surface area contributed by atoms with E-state index < -0.39 is 18.1 Å². The van der Waals surface area contributed by atoms with E-state index in [4.69, 9.17) is 18.9 Å². The molecule has 0 aromatic rings. The zero-order chi connectivity index (χ0) is 15.7. The molecule has 1 saturated heterocycles. The lowest BCUT2D eigenvalue weighted by molar-refractivity contribution is -0.597. The standard InChI is InChI=1S/C13H20O8/c1-4-5-6-17-12(15)20-13(9-19-21-13)18-8-7-16-11(14)10(2)3/h2,4-9H2,1,3H3. The highest BCUT2D eigenvalue weighted by molar-refractivity contribution is 5.86. The minimum Gasteiger partial charge on any atom is -0.460 e. The van der Waals surface area contributed by atoms with Crippen molar-refractivity contribution < 1.29 is 38.3 Å². The monoisotopic (exact) mass is 304 g/mol. The summed E-state index contributed by atoms with van der Waals surface area (Å²) >= 11 is 0. The van der Waals surface area contributed by atoms with Crippen molar-refractivity contribution in [1.29, 1.82) is 0 Å². The lowest BCUT2D eigenvalue weighted by atomic mass is 10.4. The van der Waals surface area contributed by atoms with Gasteiger partial charge in [-0.1, -0.05) is 19.9 Å². The van der Waals surface area contributed by atoms with Crippen LogP contribution in [0.5, 0.6) is 0 Å². The Bertz CT molecular complexity index is 374. The van der Waals surface area contributed by atoms with Crippen LogP contribution >= 0.6 is 0 Å². The number of rotatable bonds is 9. The van der Waals surface area contributed by atoms with E-state index in [1.54, 1.807) is 0 Å². The Morgan fingerprint density at radius 1 is 1.24 bits per heavy atom. The first kappa shape index (κ1) is 17.4. The molecule has 1 aliphatic rings. The molecule has 21 heavy (non-hydrogen) atoms. The quantitative estimate of drug-likeness (QED) is 0.209. The van der Waals surface area contributed by atoms with Crippen molar-refractivity contribution in [3.05, 3.63) is 12.2 Å². The van der Waals surface area contributed by atoms with Crippen LogP contribution < -0.4 is 0 Å². The van der Waals surface area contributed by atoms with E-state index in [1.807, 2.05) is 6.92 Å². The maximum absolute atomic E-state index is 11.4. The number of unbranched alkanes of at least 4 members (excludes halogenated alkanes) is 1. The summed E-state index contributed by atoms with van der Waals surface area (Å²) in [6.45, 7) is 7.02. The van der Waals surface area contributed by atoms with Crippen LogP contribution in [0.4, 0.5) is 4.79 Å². The highest BCUT2D eigenvalue weighted by Gasteiger charge is 2.48. The molecular formula is C13H20O8. The van der Waals surface area contributed by atoms with E-state index in [0.29, 0.717) is 0 Å². The molecule has 0 aromatic carbocycles. The lowest BCUT2D eigenvalue weighted by Crippen LogP contribution is -2.53. The average Bonchev–Trinajstić information content (AvgIpc) is 2.40. The first-order valence-corrected chi connectivity index (χ1v) is 6.62. The van der Waals surface area contributed by atoms with E-state index in [2.05, 4.69) is 16.4 Å². The van der Waals surface area contributed by atoms with E-state index in [1.165, 1.54) is 6.92 Å². The van der Waals surface area contributed by atoms with Crippen LogP contribution in [-0.2, 0) is 33.5 Å². The van der Waals surface area contributed by atoms with Crippen LogP contribution in [0.15, 0.2) is 12.2 Å². The molecule has 1 rings (SSSR count). The van der Waals surface area contributed by atoms with Gasteiger partial charge in [0.2, 0.25) is 0 Å². The maximum atomic E-state index is 11.4. The molecule has 1 atom stereocenters. The van der Waals surface area contributed by atoms with Gasteiger partial charge in [-0.2, -0.15) is 4.89 Å². The van der Waals surface area contributed by atoms with Crippen LogP contribution in [0.25, 0.3) is 0 Å². The van der Waals surface area contributed by atoms with Crippen LogP contribution in [0, 0.1) is 0 Å². The summed E-state index contributed by atoms with van der Waals surface area (Å²) in [6.07, 6.45) is 0.713. The van der Waals surface area contributed by atoms with Gasteiger partial charge in [0.25, 0.3) is 0 Å². The molecule has 1 unspecified atom stereocenters. The normalized spacial score (nSPS) is 20.3. The van der Waals surface area contributed by atoms with Crippen molar-refractivity contribution in [3.63, 3.8) is 0 Å². The van der Waals surface area contributed by atoms with E-state index in [9.17, 15) is 9.59 Å². The molecule has 8 nitrogen and oxygen atoms in total. The third-order valence-electron chi connectivity index (χ3n) is 2.37. The summed E-state index contributed by atoms with van der Waals surface area (Å²) in [5, 5.41) is 0. The van der Waals surface area contributed by atoms with Gasteiger partial charge in [-0.15, -0.1) is 0 Å². The van der Waals surface area contributed by atoms with Crippen molar-refractivity contribution >= 4 is 12.1 Å². The lowest BCUT2D eigenvalue weighted by Gasteiger charge is -2.36. The van der Waals surface area contributed by atoms with Gasteiger partial charge >= 0.3 is 18.1 Å². The second-order valence-electron chi connectivity index (χ2n) is 4.35. The summed E-state index contributed by atoms with van der Waals surface area (Å²) in [6, 6.07) is 0. The average molecular weight is 304 g/mol. The number of carbonyl (C=O) groups is 2. The zero-order valence-electron chi connectivity index (χ0n) is 12.2. The fourth-order valence-electron chi connectivity index (χ4n) is 1.21. The molecule has 0 bridgehead atoms. The van der Waals surface area contributed by atoms with Gasteiger partial charge in [0.05, 0.1) is 13.2 Å². The van der Waals surface area contributed by atoms with Gasteiger partial charge in [-0.3, -0.25) is 0 Å². The minimum absolute atomic E-state index is 0.0367. The molecule has 1 heterocycles. The molecule has 1 fully saturated rings. The summed E-state index contributed by atoms with van der Waals surface area (Å²) in [5.74, 6) is -2.17. The summed E-state index contributed by atoms with van der Waals surface area (Å²) < 4.78 is 19.7. The first-order valence-electron chi connectivity index (χ1n) is 6.62. The van der Waals surface area contributed by atoms with Crippen LogP contribution in [0.1, 0.15) is 26.7 Å². The van der Waals surface area contributed by atoms with Gasteiger partial charge < -0.3 is 18.9 Å². The highest BCUT2D eigenvalue weighted by atomic mass is 17.3. The number of carbonyl (C=O) groups excluding carboxylic acids is 2. The van der Waals surface area contributed by atoms with Crippen molar-refractivity contribution in [2.24, 2.45) is 0 Å². The Labute approximate surface area is 122 Å². The Balaban J connectivity index is 2.24. The summed E-state index contributed by atoms with van der Waals surface area (Å²) in [4.78, 5) is 31.7. The molecular weight excluding hydrogens is 284 g/mol. The van der Waals surface area contributed by atoms with Crippen molar-refractivity contribution in [2.75, 3.05) is 26.4 Å². The number of ether oxygens (including phenoxy) is 4. The summed E-state index contributed by atoms with van der Waals surface area (Å²) in [5.41, 5.74) is 0.281. The third kappa shape index (κ3) is 6.11. The second-order valence-corrected chi connectivity index (χ2v) is 4.35. The van der Waals surface area contributed by atoms with Gasteiger partial charge in [0, 0.05) is 5.57 Å². The molecule has 0 radical (unpaired) electrons. The van der Waals surface area contributed by atoms with Crippen LogP contribution in [0.2, 0.25) is 0 Å². The molecule has 8 heteroatoms. The SMILES string of the molecule is C=C(C)C(=O)OCCOC1(OC(=O)OCCCC)COO1. The first-order chi connectivity index (χ1) is 9.99. The topological polar surface area (TPSA) is 89.5 Å². The Hall–Kier alpha value is -1.64. The third-order valence-corrected chi connectivity index (χ3v) is 2.37. The van der Waals surface area contributed by atoms with Gasteiger partial charge in [0.1, 0.15) is 6.61 Å². The van der Waals surface area contributed by atoms with E-state index in [0.717, 1.165) is 12.8 Å². The van der Waals surface area contributed by atoms with E-state index in [-0.39, 0.29) is 32.0 Å². The van der Waals surface area contributed by atoms with Crippen LogP contribution in [-0.4, -0.2) is 44.5 Å². The van der Waals surface area contributed by atoms with E-state index >= 15 is 0 Å². The summed E-state index contributed by atoms with van der Waals surface area (Å²) in [7, 11) is 0. The molecule has 0 N–H and O–H groups in total. The van der Waals surface area contributed by atoms with Gasteiger partial charge in [-0.05, 0) is 13.3 Å². The Morgan fingerprint density at radius 3 is 2.48 bits per heavy atom. The molecule has 120 valence electrons. The smallest absolute Gasteiger partial charge is 0.460 e. The number of hydrogen-bond acceptors (Lipinski definition) is 8. The molecule has 0 aliphatic carbocycles. The molecule has 0 aromatic heterocycles. The largest absolute Gasteiger partial charge is 0.512 e. The Morgan fingerprint density at radius 2 is 1.95 bits per heavy atom.